The lowest BCUT2D eigenvalue weighted by molar-refractivity contribution is -0.139. The molecule has 2 aliphatic heterocycles. The molecule has 0 aliphatic carbocycles. The molecule has 2 rings (SSSR count). The molecule has 2 heterocycles. The number of amides is 3. The number of imide groups is 1. The lowest BCUT2D eigenvalue weighted by Gasteiger charge is -2.29. The zero-order valence-corrected chi connectivity index (χ0v) is 12.2. The van der Waals surface area contributed by atoms with Gasteiger partial charge in [-0.05, 0) is 6.92 Å². The molecule has 3 amide bonds. The summed E-state index contributed by atoms with van der Waals surface area (Å²) in [5.74, 6) is -0.482. The van der Waals surface area contributed by atoms with Gasteiger partial charge in [-0.1, -0.05) is 0 Å². The Labute approximate surface area is 123 Å². The minimum Gasteiger partial charge on any atom is -0.375 e. The van der Waals surface area contributed by atoms with Crippen molar-refractivity contribution in [3.8, 4) is 0 Å². The van der Waals surface area contributed by atoms with E-state index in [0.717, 1.165) is 0 Å². The van der Waals surface area contributed by atoms with E-state index in [2.05, 4.69) is 10.6 Å². The van der Waals surface area contributed by atoms with Gasteiger partial charge in [-0.3, -0.25) is 19.3 Å². The fourth-order valence-corrected chi connectivity index (χ4v) is 2.30. The number of rotatable bonds is 4. The molecule has 0 bridgehead atoms. The van der Waals surface area contributed by atoms with E-state index in [4.69, 9.17) is 4.74 Å². The highest BCUT2D eigenvalue weighted by atomic mass is 35.5. The van der Waals surface area contributed by atoms with E-state index in [9.17, 15) is 14.4 Å². The number of nitrogens with zero attached hydrogens (tertiary/aromatic N) is 1. The third-order valence-electron chi connectivity index (χ3n) is 3.39. The molecule has 2 atom stereocenters. The lowest BCUT2D eigenvalue weighted by Crippen LogP contribution is -2.56. The highest BCUT2D eigenvalue weighted by Crippen LogP contribution is 2.10. The topological polar surface area (TPSA) is 87.7 Å². The first-order valence-electron chi connectivity index (χ1n) is 6.55. The molecule has 0 aromatic rings. The number of ether oxygens (including phenoxy) is 1. The molecule has 0 aromatic heterocycles. The van der Waals surface area contributed by atoms with Crippen LogP contribution in [0, 0.1) is 0 Å². The minimum atomic E-state index is -0.376. The number of likely N-dealkylation sites (tertiary alicyclic amines) is 1. The number of halogens is 1. The summed E-state index contributed by atoms with van der Waals surface area (Å²) in [5, 5.41) is 5.80. The SMILES string of the molecule is C[C@H]1OCCN[C@@H]1C(=O)NCCN1C(=O)CCC1=O.Cl. The van der Waals surface area contributed by atoms with Gasteiger partial charge in [0.2, 0.25) is 17.7 Å². The first-order chi connectivity index (χ1) is 9.09. The van der Waals surface area contributed by atoms with Crippen LogP contribution < -0.4 is 10.6 Å². The molecule has 2 N–H and O–H groups in total. The monoisotopic (exact) mass is 305 g/mol. The maximum atomic E-state index is 11.9. The van der Waals surface area contributed by atoms with Crippen LogP contribution in [0.1, 0.15) is 19.8 Å². The van der Waals surface area contributed by atoms with Crippen LogP contribution in [0.15, 0.2) is 0 Å². The predicted molar refractivity (Wildman–Crippen MR) is 73.4 cm³/mol. The molecule has 2 saturated heterocycles. The molecule has 0 saturated carbocycles. The van der Waals surface area contributed by atoms with Crippen molar-refractivity contribution in [2.45, 2.75) is 31.9 Å². The maximum absolute atomic E-state index is 11.9. The predicted octanol–water partition coefficient (Wildman–Crippen LogP) is -0.950. The summed E-state index contributed by atoms with van der Waals surface area (Å²) < 4.78 is 5.38. The van der Waals surface area contributed by atoms with Gasteiger partial charge in [0, 0.05) is 32.5 Å². The van der Waals surface area contributed by atoms with E-state index in [-0.39, 0.29) is 68.2 Å². The quantitative estimate of drug-likeness (QED) is 0.654. The molecule has 2 fully saturated rings. The van der Waals surface area contributed by atoms with Crippen molar-refractivity contribution in [1.82, 2.24) is 15.5 Å². The highest BCUT2D eigenvalue weighted by molar-refractivity contribution is 6.01. The molecular formula is C12H20ClN3O4. The van der Waals surface area contributed by atoms with Crippen LogP contribution in [0.4, 0.5) is 0 Å². The Bertz CT molecular complexity index is 375. The number of carbonyl (C=O) groups is 3. The third-order valence-corrected chi connectivity index (χ3v) is 3.39. The van der Waals surface area contributed by atoms with Gasteiger partial charge < -0.3 is 15.4 Å². The fourth-order valence-electron chi connectivity index (χ4n) is 2.30. The summed E-state index contributed by atoms with van der Waals surface area (Å²) in [6.07, 6.45) is 0.382. The fraction of sp³-hybridized carbons (Fsp3) is 0.750. The third kappa shape index (κ3) is 3.91. The molecule has 0 radical (unpaired) electrons. The number of carbonyl (C=O) groups excluding carboxylic acids is 3. The Hall–Kier alpha value is -1.18. The highest BCUT2D eigenvalue weighted by Gasteiger charge is 2.30. The van der Waals surface area contributed by atoms with Gasteiger partial charge >= 0.3 is 0 Å². The summed E-state index contributed by atoms with van der Waals surface area (Å²) in [7, 11) is 0. The second kappa shape index (κ2) is 7.56. The van der Waals surface area contributed by atoms with E-state index in [0.29, 0.717) is 13.2 Å². The first kappa shape index (κ1) is 16.9. The summed E-state index contributed by atoms with van der Waals surface area (Å²) in [5.41, 5.74) is 0. The lowest BCUT2D eigenvalue weighted by atomic mass is 10.1. The van der Waals surface area contributed by atoms with Crippen LogP contribution in [-0.4, -0.2) is 61.0 Å². The minimum absolute atomic E-state index is 0. The molecule has 7 nitrogen and oxygen atoms in total. The summed E-state index contributed by atoms with van der Waals surface area (Å²) in [6, 6.07) is -0.376. The zero-order valence-electron chi connectivity index (χ0n) is 11.4. The maximum Gasteiger partial charge on any atom is 0.239 e. The Morgan fingerprint density at radius 2 is 2.05 bits per heavy atom. The van der Waals surface area contributed by atoms with E-state index in [1.54, 1.807) is 0 Å². The van der Waals surface area contributed by atoms with Gasteiger partial charge in [0.25, 0.3) is 0 Å². The van der Waals surface area contributed by atoms with Crippen LogP contribution >= 0.6 is 12.4 Å². The number of hydrogen-bond acceptors (Lipinski definition) is 5. The van der Waals surface area contributed by atoms with Gasteiger partial charge in [0.15, 0.2) is 0 Å². The molecule has 20 heavy (non-hydrogen) atoms. The Morgan fingerprint density at radius 3 is 2.65 bits per heavy atom. The van der Waals surface area contributed by atoms with Crippen LogP contribution in [0.5, 0.6) is 0 Å². The number of morpholine rings is 1. The summed E-state index contributed by atoms with van der Waals surface area (Å²) >= 11 is 0. The summed E-state index contributed by atoms with van der Waals surface area (Å²) in [4.78, 5) is 35.9. The van der Waals surface area contributed by atoms with Crippen molar-refractivity contribution in [3.05, 3.63) is 0 Å². The molecule has 114 valence electrons. The average molecular weight is 306 g/mol. The normalized spacial score (nSPS) is 26.4. The molecule has 2 aliphatic rings. The average Bonchev–Trinajstić information content (AvgIpc) is 2.70. The largest absolute Gasteiger partial charge is 0.375 e. The number of hydrogen-bond donors (Lipinski definition) is 2. The van der Waals surface area contributed by atoms with Crippen LogP contribution in [0.3, 0.4) is 0 Å². The van der Waals surface area contributed by atoms with Crippen molar-refractivity contribution < 1.29 is 19.1 Å². The smallest absolute Gasteiger partial charge is 0.239 e. The first-order valence-corrected chi connectivity index (χ1v) is 6.55. The number of nitrogens with one attached hydrogen (secondary N) is 2. The van der Waals surface area contributed by atoms with E-state index in [1.807, 2.05) is 6.92 Å². The van der Waals surface area contributed by atoms with Gasteiger partial charge in [-0.25, -0.2) is 0 Å². The van der Waals surface area contributed by atoms with Gasteiger partial charge in [0.05, 0.1) is 12.7 Å². The molecule has 8 heteroatoms. The van der Waals surface area contributed by atoms with Crippen molar-refractivity contribution >= 4 is 30.1 Å². The molecule has 0 aromatic carbocycles. The van der Waals surface area contributed by atoms with Gasteiger partial charge in [0.1, 0.15) is 6.04 Å². The van der Waals surface area contributed by atoms with Crippen molar-refractivity contribution in [3.63, 3.8) is 0 Å². The van der Waals surface area contributed by atoms with Crippen molar-refractivity contribution in [2.75, 3.05) is 26.2 Å². The van der Waals surface area contributed by atoms with E-state index < -0.39 is 0 Å². The molecule has 0 spiro atoms. The zero-order chi connectivity index (χ0) is 13.8. The van der Waals surface area contributed by atoms with Crippen molar-refractivity contribution in [1.29, 1.82) is 0 Å². The standard InChI is InChI=1S/C12H19N3O4.ClH/c1-8-11(13-5-7-19-8)12(18)14-4-6-15-9(16)2-3-10(15)17;/h8,11,13H,2-7H2,1H3,(H,14,18);1H/t8-,11+;/m1./s1. The van der Waals surface area contributed by atoms with Gasteiger partial charge in [-0.2, -0.15) is 0 Å². The Balaban J connectivity index is 0.00000200. The van der Waals surface area contributed by atoms with E-state index >= 15 is 0 Å². The Morgan fingerprint density at radius 1 is 1.40 bits per heavy atom. The van der Waals surface area contributed by atoms with Crippen molar-refractivity contribution in [2.24, 2.45) is 0 Å². The van der Waals surface area contributed by atoms with Gasteiger partial charge in [-0.15, -0.1) is 12.4 Å². The second-order valence-corrected chi connectivity index (χ2v) is 4.74. The van der Waals surface area contributed by atoms with Crippen LogP contribution in [0.2, 0.25) is 0 Å². The Kier molecular flexibility index (Phi) is 6.38. The van der Waals surface area contributed by atoms with E-state index in [1.165, 1.54) is 4.90 Å². The molecule has 0 unspecified atom stereocenters. The second-order valence-electron chi connectivity index (χ2n) is 4.74. The summed E-state index contributed by atoms with van der Waals surface area (Å²) in [6.45, 7) is 3.60. The van der Waals surface area contributed by atoms with Crippen LogP contribution in [0.25, 0.3) is 0 Å². The molecular weight excluding hydrogens is 286 g/mol. The van der Waals surface area contributed by atoms with Crippen LogP contribution in [-0.2, 0) is 19.1 Å².